The second-order valence-electron chi connectivity index (χ2n) is 8.00. The fourth-order valence-corrected chi connectivity index (χ4v) is 4.39. The fraction of sp³-hybridized carbons (Fsp3) is 0.115. The minimum atomic E-state index is -0.455. The predicted molar refractivity (Wildman–Crippen MR) is 135 cm³/mol. The van der Waals surface area contributed by atoms with E-state index in [1.54, 1.807) is 22.8 Å². The van der Waals surface area contributed by atoms with Crippen molar-refractivity contribution in [1.29, 1.82) is 0 Å². The maximum absolute atomic E-state index is 13.6. The molecule has 2 aromatic heterocycles. The first-order valence-electron chi connectivity index (χ1n) is 10.6. The molecule has 0 aliphatic heterocycles. The Hall–Kier alpha value is -4.10. The molecule has 0 bridgehead atoms. The molecule has 0 aliphatic carbocycles. The minimum Gasteiger partial charge on any atom is -0.495 e. The monoisotopic (exact) mass is 472 g/mol. The number of methoxy groups -OCH3 is 1. The number of aromatic nitrogens is 3. The van der Waals surface area contributed by atoms with Gasteiger partial charge in [0.25, 0.3) is 11.5 Å². The molecule has 0 radical (unpaired) electrons. The highest BCUT2D eigenvalue weighted by molar-refractivity contribution is 6.32. The number of carbonyl (C=O) groups excluding carboxylic acids is 1. The van der Waals surface area contributed by atoms with E-state index in [1.807, 2.05) is 62.5 Å². The number of hydrogen-bond acceptors (Lipinski definition) is 4. The third-order valence-corrected chi connectivity index (χ3v) is 6.14. The fourth-order valence-electron chi connectivity index (χ4n) is 4.13. The lowest BCUT2D eigenvalue weighted by Gasteiger charge is -2.12. The molecule has 0 aliphatic rings. The van der Waals surface area contributed by atoms with Gasteiger partial charge in [0.2, 0.25) is 0 Å². The number of hydrogen-bond donors (Lipinski definition) is 1. The number of halogens is 1. The Balaban J connectivity index is 1.75. The Kier molecular flexibility index (Phi) is 5.34. The molecule has 0 spiro atoms. The smallest absolute Gasteiger partial charge is 0.296 e. The summed E-state index contributed by atoms with van der Waals surface area (Å²) in [5.74, 6) is 0.0469. The highest BCUT2D eigenvalue weighted by atomic mass is 35.5. The minimum absolute atomic E-state index is 0.138. The third-order valence-electron chi connectivity index (χ3n) is 5.84. The van der Waals surface area contributed by atoms with Crippen LogP contribution >= 0.6 is 11.6 Å². The SMILES string of the molecule is COc1ccc(NC(=O)c2nn(-c3ccc(C)cc3)c(=O)c3c2c2ccccc2n3C)cc1Cl. The molecule has 0 saturated carbocycles. The zero-order chi connectivity index (χ0) is 24.0. The van der Waals surface area contributed by atoms with Crippen molar-refractivity contribution in [3.8, 4) is 11.4 Å². The van der Waals surface area contributed by atoms with Gasteiger partial charge in [0, 0.05) is 29.0 Å². The summed E-state index contributed by atoms with van der Waals surface area (Å²) in [6, 6.07) is 19.9. The normalized spacial score (nSPS) is 11.2. The first-order valence-corrected chi connectivity index (χ1v) is 11.0. The summed E-state index contributed by atoms with van der Waals surface area (Å²) in [5.41, 5.74) is 3.18. The Morgan fingerprint density at radius 1 is 1.06 bits per heavy atom. The first kappa shape index (κ1) is 21.7. The van der Waals surface area contributed by atoms with Gasteiger partial charge in [0.15, 0.2) is 5.69 Å². The molecule has 170 valence electrons. The quantitative estimate of drug-likeness (QED) is 0.394. The number of carbonyl (C=O) groups is 1. The number of anilines is 1. The molecule has 0 saturated heterocycles. The van der Waals surface area contributed by atoms with Crippen molar-refractivity contribution in [2.45, 2.75) is 6.92 Å². The van der Waals surface area contributed by atoms with Gasteiger partial charge in [0.1, 0.15) is 11.3 Å². The van der Waals surface area contributed by atoms with Gasteiger partial charge in [-0.15, -0.1) is 0 Å². The molecule has 1 N–H and O–H groups in total. The van der Waals surface area contributed by atoms with Gasteiger partial charge in [-0.2, -0.15) is 9.78 Å². The van der Waals surface area contributed by atoms with Gasteiger partial charge < -0.3 is 14.6 Å². The Labute approximate surface area is 200 Å². The van der Waals surface area contributed by atoms with Gasteiger partial charge >= 0.3 is 0 Å². The van der Waals surface area contributed by atoms with Crippen molar-refractivity contribution < 1.29 is 9.53 Å². The average Bonchev–Trinajstić information content (AvgIpc) is 3.13. The van der Waals surface area contributed by atoms with Crippen molar-refractivity contribution in [1.82, 2.24) is 14.3 Å². The van der Waals surface area contributed by atoms with Crippen LogP contribution in [0.4, 0.5) is 5.69 Å². The maximum atomic E-state index is 13.6. The van der Waals surface area contributed by atoms with E-state index in [4.69, 9.17) is 16.3 Å². The molecular formula is C26H21ClN4O3. The topological polar surface area (TPSA) is 78.2 Å². The van der Waals surface area contributed by atoms with E-state index in [1.165, 1.54) is 11.8 Å². The van der Waals surface area contributed by atoms with E-state index >= 15 is 0 Å². The first-order chi connectivity index (χ1) is 16.4. The van der Waals surface area contributed by atoms with Crippen molar-refractivity contribution in [2.24, 2.45) is 7.05 Å². The zero-order valence-electron chi connectivity index (χ0n) is 18.8. The molecule has 1 amide bonds. The lowest BCUT2D eigenvalue weighted by atomic mass is 10.1. The van der Waals surface area contributed by atoms with E-state index in [2.05, 4.69) is 10.4 Å². The molecule has 0 fully saturated rings. The number of para-hydroxylation sites is 1. The molecule has 7 nitrogen and oxygen atoms in total. The average molecular weight is 473 g/mol. The summed E-state index contributed by atoms with van der Waals surface area (Å²) in [6.45, 7) is 1.96. The molecule has 5 rings (SSSR count). The second kappa shape index (κ2) is 8.35. The number of nitrogens with zero attached hydrogens (tertiary/aromatic N) is 3. The number of rotatable bonds is 4. The summed E-state index contributed by atoms with van der Waals surface area (Å²) in [5, 5.41) is 9.04. The summed E-state index contributed by atoms with van der Waals surface area (Å²) < 4.78 is 8.27. The predicted octanol–water partition coefficient (Wildman–Crippen LogP) is 5.10. The maximum Gasteiger partial charge on any atom is 0.296 e. The van der Waals surface area contributed by atoms with Crippen LogP contribution in [0, 0.1) is 6.92 Å². The molecule has 0 unspecified atom stereocenters. The van der Waals surface area contributed by atoms with Crippen molar-refractivity contribution in [3.05, 3.63) is 93.4 Å². The molecule has 3 aromatic carbocycles. The lowest BCUT2D eigenvalue weighted by molar-refractivity contribution is 0.102. The van der Waals surface area contributed by atoms with Crippen LogP contribution in [0.25, 0.3) is 27.5 Å². The van der Waals surface area contributed by atoms with Crippen LogP contribution in [0.1, 0.15) is 16.1 Å². The van der Waals surface area contributed by atoms with Gasteiger partial charge in [-0.3, -0.25) is 9.59 Å². The van der Waals surface area contributed by atoms with Crippen LogP contribution in [0.5, 0.6) is 5.75 Å². The number of ether oxygens (including phenoxy) is 1. The highest BCUT2D eigenvalue weighted by Gasteiger charge is 2.23. The molecule has 8 heteroatoms. The van der Waals surface area contributed by atoms with Crippen LogP contribution in [-0.4, -0.2) is 27.4 Å². The van der Waals surface area contributed by atoms with Gasteiger partial charge in [-0.1, -0.05) is 47.5 Å². The zero-order valence-corrected chi connectivity index (χ0v) is 19.6. The van der Waals surface area contributed by atoms with Gasteiger partial charge in [0.05, 0.1) is 17.8 Å². The van der Waals surface area contributed by atoms with E-state index < -0.39 is 5.91 Å². The number of fused-ring (bicyclic) bond motifs is 3. The lowest BCUT2D eigenvalue weighted by Crippen LogP contribution is -2.27. The summed E-state index contributed by atoms with van der Waals surface area (Å²) in [7, 11) is 3.34. The number of amides is 1. The van der Waals surface area contributed by atoms with Gasteiger partial charge in [-0.25, -0.2) is 0 Å². The molecule has 5 aromatic rings. The number of aryl methyl sites for hydroxylation is 2. The standard InChI is InChI=1S/C26H21ClN4O3/c1-15-8-11-17(12-9-15)31-26(33)24-22(18-6-4-5-7-20(18)30(24)2)23(29-31)25(32)28-16-10-13-21(34-3)19(27)14-16/h4-14H,1-3H3,(H,28,32). The Bertz CT molecular complexity index is 1630. The van der Waals surface area contributed by atoms with Crippen LogP contribution in [0.15, 0.2) is 71.5 Å². The summed E-state index contributed by atoms with van der Waals surface area (Å²) in [4.78, 5) is 27.1. The largest absolute Gasteiger partial charge is 0.495 e. The van der Waals surface area contributed by atoms with Crippen molar-refractivity contribution >= 4 is 45.0 Å². The van der Waals surface area contributed by atoms with E-state index in [0.717, 1.165) is 16.5 Å². The van der Waals surface area contributed by atoms with Crippen LogP contribution in [0.3, 0.4) is 0 Å². The van der Waals surface area contributed by atoms with E-state index in [0.29, 0.717) is 33.0 Å². The molecule has 2 heterocycles. The van der Waals surface area contributed by atoms with Gasteiger partial charge in [-0.05, 0) is 43.3 Å². The Morgan fingerprint density at radius 3 is 2.50 bits per heavy atom. The van der Waals surface area contributed by atoms with E-state index in [9.17, 15) is 9.59 Å². The molecular weight excluding hydrogens is 452 g/mol. The number of nitrogens with one attached hydrogen (secondary N) is 1. The van der Waals surface area contributed by atoms with Crippen LogP contribution < -0.4 is 15.6 Å². The van der Waals surface area contributed by atoms with Crippen LogP contribution in [0.2, 0.25) is 5.02 Å². The molecule has 34 heavy (non-hydrogen) atoms. The highest BCUT2D eigenvalue weighted by Crippen LogP contribution is 2.30. The number of benzene rings is 3. The summed E-state index contributed by atoms with van der Waals surface area (Å²) >= 11 is 6.23. The van der Waals surface area contributed by atoms with Crippen molar-refractivity contribution in [2.75, 3.05) is 12.4 Å². The second-order valence-corrected chi connectivity index (χ2v) is 8.41. The van der Waals surface area contributed by atoms with Crippen molar-refractivity contribution in [3.63, 3.8) is 0 Å². The van der Waals surface area contributed by atoms with Crippen LogP contribution in [-0.2, 0) is 7.05 Å². The molecule has 0 atom stereocenters. The van der Waals surface area contributed by atoms with E-state index in [-0.39, 0.29) is 11.3 Å². The third kappa shape index (κ3) is 3.50. The summed E-state index contributed by atoms with van der Waals surface area (Å²) in [6.07, 6.45) is 0. The Morgan fingerprint density at radius 2 is 1.79 bits per heavy atom.